The van der Waals surface area contributed by atoms with Crippen molar-refractivity contribution in [2.24, 2.45) is 11.1 Å². The molecule has 0 aromatic heterocycles. The molecule has 0 heterocycles. The van der Waals surface area contributed by atoms with Gasteiger partial charge in [0.15, 0.2) is 0 Å². The summed E-state index contributed by atoms with van der Waals surface area (Å²) < 4.78 is 0. The van der Waals surface area contributed by atoms with E-state index in [4.69, 9.17) is 5.73 Å². The highest BCUT2D eigenvalue weighted by Gasteiger charge is 2.30. The van der Waals surface area contributed by atoms with Gasteiger partial charge in [-0.25, -0.2) is 0 Å². The fraction of sp³-hybridized carbons (Fsp3) is 0.500. The number of anilines is 1. The minimum absolute atomic E-state index is 0.257. The Morgan fingerprint density at radius 3 is 1.95 bits per heavy atom. The number of carboxylic acid groups (broad SMARTS) is 1. The molecule has 0 fully saturated rings. The zero-order chi connectivity index (χ0) is 16.4. The summed E-state index contributed by atoms with van der Waals surface area (Å²) in [5.41, 5.74) is 5.87. The van der Waals surface area contributed by atoms with Gasteiger partial charge in [0.25, 0.3) is 0 Å². The molecule has 1 atom stereocenters. The zero-order valence-electron chi connectivity index (χ0n) is 13.2. The van der Waals surface area contributed by atoms with E-state index in [1.807, 2.05) is 20.8 Å². The standard InChI is InChI=1S/C16H24N2O3/c1-15(2,3)12(17)13(19)18-11-8-6-10(7-9-11)16(4,5)14(20)21/h6-9,12H,17H2,1-5H3,(H,18,19)(H,20,21)/t12-/m1/s1. The minimum Gasteiger partial charge on any atom is -0.481 e. The number of carbonyl (C=O) groups is 2. The Kier molecular flexibility index (Phi) is 4.79. The summed E-state index contributed by atoms with van der Waals surface area (Å²) in [7, 11) is 0. The molecule has 0 aliphatic carbocycles. The first-order valence-electron chi connectivity index (χ1n) is 6.86. The van der Waals surface area contributed by atoms with Gasteiger partial charge < -0.3 is 16.2 Å². The summed E-state index contributed by atoms with van der Waals surface area (Å²) in [5, 5.41) is 11.9. The number of nitrogens with one attached hydrogen (secondary N) is 1. The lowest BCUT2D eigenvalue weighted by Gasteiger charge is -2.26. The van der Waals surface area contributed by atoms with E-state index in [0.717, 1.165) is 0 Å². The second kappa shape index (κ2) is 5.85. The third kappa shape index (κ3) is 4.04. The van der Waals surface area contributed by atoms with Gasteiger partial charge in [-0.3, -0.25) is 9.59 Å². The third-order valence-corrected chi connectivity index (χ3v) is 3.62. The maximum absolute atomic E-state index is 12.0. The Morgan fingerprint density at radius 1 is 1.10 bits per heavy atom. The first kappa shape index (κ1) is 17.2. The van der Waals surface area contributed by atoms with Crippen LogP contribution in [0.15, 0.2) is 24.3 Å². The Bertz CT molecular complexity index is 527. The highest BCUT2D eigenvalue weighted by molar-refractivity contribution is 5.95. The lowest BCUT2D eigenvalue weighted by atomic mass is 9.85. The van der Waals surface area contributed by atoms with Gasteiger partial charge in [-0.2, -0.15) is 0 Å². The van der Waals surface area contributed by atoms with Gasteiger partial charge >= 0.3 is 5.97 Å². The van der Waals surface area contributed by atoms with Crippen molar-refractivity contribution in [1.29, 1.82) is 0 Å². The quantitative estimate of drug-likeness (QED) is 0.794. The number of nitrogens with two attached hydrogens (primary N) is 1. The van der Waals surface area contributed by atoms with Crippen LogP contribution in [0.3, 0.4) is 0 Å². The molecule has 21 heavy (non-hydrogen) atoms. The van der Waals surface area contributed by atoms with Crippen molar-refractivity contribution in [2.75, 3.05) is 5.32 Å². The molecular formula is C16H24N2O3. The molecule has 5 heteroatoms. The molecule has 116 valence electrons. The Hall–Kier alpha value is -1.88. The van der Waals surface area contributed by atoms with E-state index in [1.54, 1.807) is 38.1 Å². The summed E-state index contributed by atoms with van der Waals surface area (Å²) in [5.74, 6) is -1.15. The van der Waals surface area contributed by atoms with Crippen LogP contribution in [-0.2, 0) is 15.0 Å². The van der Waals surface area contributed by atoms with Crippen LogP contribution in [0.5, 0.6) is 0 Å². The first-order chi connectivity index (χ1) is 9.46. The Balaban J connectivity index is 2.85. The van der Waals surface area contributed by atoms with Gasteiger partial charge in [0.05, 0.1) is 11.5 Å². The topological polar surface area (TPSA) is 92.4 Å². The molecule has 0 bridgehead atoms. The van der Waals surface area contributed by atoms with Crippen LogP contribution in [0.4, 0.5) is 5.69 Å². The molecule has 1 aromatic rings. The van der Waals surface area contributed by atoms with Crippen molar-refractivity contribution < 1.29 is 14.7 Å². The predicted octanol–water partition coefficient (Wildman–Crippen LogP) is 2.36. The van der Waals surface area contributed by atoms with Crippen molar-refractivity contribution >= 4 is 17.6 Å². The van der Waals surface area contributed by atoms with Gasteiger partial charge in [-0.05, 0) is 37.0 Å². The monoisotopic (exact) mass is 292 g/mol. The summed E-state index contributed by atoms with van der Waals surface area (Å²) in [6.45, 7) is 8.97. The van der Waals surface area contributed by atoms with E-state index < -0.39 is 17.4 Å². The van der Waals surface area contributed by atoms with Crippen LogP contribution in [0.1, 0.15) is 40.2 Å². The molecule has 1 amide bonds. The van der Waals surface area contributed by atoms with Gasteiger partial charge in [0, 0.05) is 5.69 Å². The van der Waals surface area contributed by atoms with E-state index in [0.29, 0.717) is 11.3 Å². The van der Waals surface area contributed by atoms with Gasteiger partial charge in [0.1, 0.15) is 0 Å². The van der Waals surface area contributed by atoms with Crippen molar-refractivity contribution in [1.82, 2.24) is 0 Å². The summed E-state index contributed by atoms with van der Waals surface area (Å²) >= 11 is 0. The Labute approximate surface area is 125 Å². The van der Waals surface area contributed by atoms with E-state index >= 15 is 0 Å². The second-order valence-corrected chi connectivity index (χ2v) is 6.84. The number of carbonyl (C=O) groups excluding carboxylic acids is 1. The van der Waals surface area contributed by atoms with Crippen LogP contribution in [-0.4, -0.2) is 23.0 Å². The summed E-state index contributed by atoms with van der Waals surface area (Å²) in [4.78, 5) is 23.2. The molecule has 0 aliphatic heterocycles. The molecule has 1 rings (SSSR count). The molecule has 1 aromatic carbocycles. The average molecular weight is 292 g/mol. The number of benzene rings is 1. The molecule has 5 nitrogen and oxygen atoms in total. The molecule has 4 N–H and O–H groups in total. The van der Waals surface area contributed by atoms with Crippen molar-refractivity contribution in [3.05, 3.63) is 29.8 Å². The largest absolute Gasteiger partial charge is 0.481 e. The number of rotatable bonds is 4. The Morgan fingerprint density at radius 2 is 1.57 bits per heavy atom. The van der Waals surface area contributed by atoms with Crippen molar-refractivity contribution in [3.63, 3.8) is 0 Å². The SMILES string of the molecule is CC(C)(C(=O)O)c1ccc(NC(=O)[C@@H](N)C(C)(C)C)cc1. The molecule has 0 unspecified atom stereocenters. The molecule has 0 spiro atoms. The number of hydrogen-bond donors (Lipinski definition) is 3. The van der Waals surface area contributed by atoms with E-state index in [2.05, 4.69) is 5.32 Å². The van der Waals surface area contributed by atoms with Gasteiger partial charge in [-0.15, -0.1) is 0 Å². The van der Waals surface area contributed by atoms with E-state index in [9.17, 15) is 14.7 Å². The minimum atomic E-state index is -0.968. The van der Waals surface area contributed by atoms with Crippen LogP contribution < -0.4 is 11.1 Å². The summed E-state index contributed by atoms with van der Waals surface area (Å²) in [6, 6.07) is 6.16. The van der Waals surface area contributed by atoms with Crippen molar-refractivity contribution in [2.45, 2.75) is 46.1 Å². The highest BCUT2D eigenvalue weighted by Crippen LogP contribution is 2.25. The molecular weight excluding hydrogens is 268 g/mol. The number of hydrogen-bond acceptors (Lipinski definition) is 3. The van der Waals surface area contributed by atoms with Crippen LogP contribution in [0.25, 0.3) is 0 Å². The third-order valence-electron chi connectivity index (χ3n) is 3.62. The van der Waals surface area contributed by atoms with Gasteiger partial charge in [-0.1, -0.05) is 32.9 Å². The second-order valence-electron chi connectivity index (χ2n) is 6.84. The molecule has 0 saturated carbocycles. The number of carboxylic acids is 1. The molecule has 0 radical (unpaired) electrons. The lowest BCUT2D eigenvalue weighted by molar-refractivity contribution is -0.142. The fourth-order valence-corrected chi connectivity index (χ4v) is 1.71. The molecule has 0 aliphatic rings. The van der Waals surface area contributed by atoms with Gasteiger partial charge in [0.2, 0.25) is 5.91 Å². The van der Waals surface area contributed by atoms with Crippen LogP contribution in [0, 0.1) is 5.41 Å². The molecule has 0 saturated heterocycles. The number of amides is 1. The van der Waals surface area contributed by atoms with Crippen molar-refractivity contribution in [3.8, 4) is 0 Å². The van der Waals surface area contributed by atoms with E-state index in [-0.39, 0.29) is 11.3 Å². The summed E-state index contributed by atoms with van der Waals surface area (Å²) in [6.07, 6.45) is 0. The number of aliphatic carboxylic acids is 1. The highest BCUT2D eigenvalue weighted by atomic mass is 16.4. The average Bonchev–Trinajstić information content (AvgIpc) is 2.37. The predicted molar refractivity (Wildman–Crippen MR) is 83.2 cm³/mol. The van der Waals surface area contributed by atoms with Crippen LogP contribution in [0.2, 0.25) is 0 Å². The van der Waals surface area contributed by atoms with Crippen LogP contribution >= 0.6 is 0 Å². The fourth-order valence-electron chi connectivity index (χ4n) is 1.71. The first-order valence-corrected chi connectivity index (χ1v) is 6.86. The smallest absolute Gasteiger partial charge is 0.313 e. The lowest BCUT2D eigenvalue weighted by Crippen LogP contribution is -2.45. The normalized spacial score (nSPS) is 13.6. The maximum atomic E-state index is 12.0. The zero-order valence-corrected chi connectivity index (χ0v) is 13.2. The van der Waals surface area contributed by atoms with E-state index in [1.165, 1.54) is 0 Å². The maximum Gasteiger partial charge on any atom is 0.313 e.